The third-order valence-corrected chi connectivity index (χ3v) is 4.81. The first kappa shape index (κ1) is 17.8. The van der Waals surface area contributed by atoms with E-state index in [0.717, 1.165) is 33.6 Å². The number of amides is 1. The summed E-state index contributed by atoms with van der Waals surface area (Å²) in [5, 5.41) is 3.03. The minimum Gasteiger partial charge on any atom is -0.497 e. The van der Waals surface area contributed by atoms with Gasteiger partial charge in [-0.05, 0) is 52.1 Å². The molecule has 0 aliphatic heterocycles. The van der Waals surface area contributed by atoms with Crippen LogP contribution in [0, 0.1) is 0 Å². The average molecular weight is 367 g/mol. The molecule has 3 aromatic rings. The van der Waals surface area contributed by atoms with Crippen LogP contribution in [0.15, 0.2) is 84.9 Å². The van der Waals surface area contributed by atoms with Gasteiger partial charge in [0.15, 0.2) is 0 Å². The number of carbonyl (C=O) groups is 1. The zero-order valence-electron chi connectivity index (χ0n) is 15.7. The minimum atomic E-state index is -0.0607. The van der Waals surface area contributed by atoms with Crippen LogP contribution in [-0.4, -0.2) is 13.0 Å². The second kappa shape index (κ2) is 7.97. The Morgan fingerprint density at radius 2 is 1.57 bits per heavy atom. The highest BCUT2D eigenvalue weighted by atomic mass is 16.5. The van der Waals surface area contributed by atoms with Crippen molar-refractivity contribution in [2.75, 3.05) is 7.11 Å². The summed E-state index contributed by atoms with van der Waals surface area (Å²) in [5.41, 5.74) is 5.91. The average Bonchev–Trinajstić information content (AvgIpc) is 3.12. The van der Waals surface area contributed by atoms with Crippen molar-refractivity contribution < 1.29 is 9.53 Å². The van der Waals surface area contributed by atoms with E-state index >= 15 is 0 Å². The van der Waals surface area contributed by atoms with Crippen LogP contribution in [0.3, 0.4) is 0 Å². The maximum Gasteiger partial charge on any atom is 0.252 e. The fraction of sp³-hybridized carbons (Fsp3) is 0.0800. The van der Waals surface area contributed by atoms with Gasteiger partial charge in [0.2, 0.25) is 0 Å². The molecule has 138 valence electrons. The van der Waals surface area contributed by atoms with E-state index < -0.39 is 0 Å². The summed E-state index contributed by atoms with van der Waals surface area (Å²) in [6.07, 6.45) is 4.06. The van der Waals surface area contributed by atoms with E-state index in [4.69, 9.17) is 4.74 Å². The quantitative estimate of drug-likeness (QED) is 0.693. The van der Waals surface area contributed by atoms with Gasteiger partial charge in [0.25, 0.3) is 5.91 Å². The molecule has 0 saturated carbocycles. The highest BCUT2D eigenvalue weighted by Crippen LogP contribution is 2.36. The molecule has 1 amide bonds. The lowest BCUT2D eigenvalue weighted by atomic mass is 10.0. The van der Waals surface area contributed by atoms with Gasteiger partial charge in [-0.1, -0.05) is 66.7 Å². The first-order chi connectivity index (χ1) is 13.7. The molecule has 3 aromatic carbocycles. The van der Waals surface area contributed by atoms with Crippen molar-refractivity contribution in [3.63, 3.8) is 0 Å². The summed E-state index contributed by atoms with van der Waals surface area (Å²) in [5.74, 6) is 0.764. The van der Waals surface area contributed by atoms with Gasteiger partial charge in [-0.25, -0.2) is 0 Å². The number of allylic oxidation sites excluding steroid dienone is 2. The van der Waals surface area contributed by atoms with Crippen molar-refractivity contribution in [3.05, 3.63) is 107 Å². The lowest BCUT2D eigenvalue weighted by Crippen LogP contribution is -2.23. The molecule has 0 aromatic heterocycles. The fourth-order valence-corrected chi connectivity index (χ4v) is 3.34. The molecule has 0 atom stereocenters. The molecular weight excluding hydrogens is 346 g/mol. The van der Waals surface area contributed by atoms with Gasteiger partial charge in [0.05, 0.1) is 7.11 Å². The van der Waals surface area contributed by atoms with Gasteiger partial charge in [0.1, 0.15) is 5.75 Å². The van der Waals surface area contributed by atoms with Crippen LogP contribution in [0.1, 0.15) is 22.3 Å². The van der Waals surface area contributed by atoms with Crippen LogP contribution in [0.5, 0.6) is 5.75 Å². The monoisotopic (exact) mass is 367 g/mol. The number of hydrogen-bond donors (Lipinski definition) is 1. The molecule has 0 heterocycles. The van der Waals surface area contributed by atoms with Crippen LogP contribution in [0.2, 0.25) is 0 Å². The van der Waals surface area contributed by atoms with Crippen molar-refractivity contribution in [2.24, 2.45) is 0 Å². The Bertz CT molecular complexity index is 1050. The van der Waals surface area contributed by atoms with E-state index in [2.05, 4.69) is 17.5 Å². The molecule has 1 N–H and O–H groups in total. The van der Waals surface area contributed by atoms with Gasteiger partial charge < -0.3 is 10.1 Å². The Morgan fingerprint density at radius 3 is 2.29 bits per heavy atom. The summed E-state index contributed by atoms with van der Waals surface area (Å²) in [6.45, 7) is 0.511. The molecule has 0 spiro atoms. The predicted octanol–water partition coefficient (Wildman–Crippen LogP) is 4.95. The van der Waals surface area contributed by atoms with E-state index in [0.29, 0.717) is 12.1 Å². The molecule has 0 bridgehead atoms. The number of rotatable bonds is 5. The van der Waals surface area contributed by atoms with Gasteiger partial charge >= 0.3 is 0 Å². The topological polar surface area (TPSA) is 38.3 Å². The summed E-state index contributed by atoms with van der Waals surface area (Å²) >= 11 is 0. The van der Waals surface area contributed by atoms with E-state index in [9.17, 15) is 4.79 Å². The maximum absolute atomic E-state index is 12.8. The van der Waals surface area contributed by atoms with Crippen molar-refractivity contribution >= 4 is 23.1 Å². The van der Waals surface area contributed by atoms with Crippen molar-refractivity contribution in [1.29, 1.82) is 0 Å². The predicted molar refractivity (Wildman–Crippen MR) is 114 cm³/mol. The van der Waals surface area contributed by atoms with E-state index in [1.54, 1.807) is 7.11 Å². The van der Waals surface area contributed by atoms with Crippen LogP contribution >= 0.6 is 0 Å². The Labute approximate surface area is 165 Å². The second-order valence-electron chi connectivity index (χ2n) is 6.64. The number of hydrogen-bond acceptors (Lipinski definition) is 2. The lowest BCUT2D eigenvalue weighted by molar-refractivity contribution is -0.115. The third-order valence-electron chi connectivity index (χ3n) is 4.81. The fourth-order valence-electron chi connectivity index (χ4n) is 3.34. The van der Waals surface area contributed by atoms with Gasteiger partial charge in [-0.2, -0.15) is 0 Å². The standard InChI is InChI=1S/C25H21NO2/c1-28-21-13-11-18(12-14-21)15-20-16-24(23-10-6-5-9-22(20)23)25(27)26-17-19-7-3-2-4-8-19/h2-16H,17H2,1H3,(H,26,27)/b20-15+. The molecule has 1 aliphatic rings. The number of nitrogens with one attached hydrogen (secondary N) is 1. The van der Waals surface area contributed by atoms with Crippen LogP contribution in [0.25, 0.3) is 17.2 Å². The number of methoxy groups -OCH3 is 1. The number of ether oxygens (including phenoxy) is 1. The van der Waals surface area contributed by atoms with Crippen molar-refractivity contribution in [1.82, 2.24) is 5.32 Å². The first-order valence-corrected chi connectivity index (χ1v) is 9.24. The molecule has 0 unspecified atom stereocenters. The van der Waals surface area contributed by atoms with E-state index in [1.165, 1.54) is 0 Å². The Morgan fingerprint density at radius 1 is 0.893 bits per heavy atom. The summed E-state index contributed by atoms with van der Waals surface area (Å²) in [7, 11) is 1.66. The number of fused-ring (bicyclic) bond motifs is 1. The van der Waals surface area contributed by atoms with Gasteiger partial charge in [0, 0.05) is 12.1 Å². The van der Waals surface area contributed by atoms with Gasteiger partial charge in [-0.3, -0.25) is 4.79 Å². The molecule has 3 heteroatoms. The molecule has 0 saturated heterocycles. The van der Waals surface area contributed by atoms with Crippen molar-refractivity contribution in [3.8, 4) is 5.75 Å². The Balaban J connectivity index is 1.60. The first-order valence-electron chi connectivity index (χ1n) is 9.24. The highest BCUT2D eigenvalue weighted by Gasteiger charge is 2.22. The second-order valence-corrected chi connectivity index (χ2v) is 6.64. The third kappa shape index (κ3) is 3.74. The molecule has 4 rings (SSSR count). The zero-order valence-corrected chi connectivity index (χ0v) is 15.7. The minimum absolute atomic E-state index is 0.0607. The van der Waals surface area contributed by atoms with Crippen molar-refractivity contribution in [2.45, 2.75) is 6.54 Å². The summed E-state index contributed by atoms with van der Waals surface area (Å²) in [4.78, 5) is 12.8. The van der Waals surface area contributed by atoms with E-state index in [1.807, 2.05) is 78.9 Å². The van der Waals surface area contributed by atoms with Gasteiger partial charge in [-0.15, -0.1) is 0 Å². The Kier molecular flexibility index (Phi) is 5.07. The highest BCUT2D eigenvalue weighted by molar-refractivity contribution is 6.26. The normalized spacial score (nSPS) is 13.8. The SMILES string of the molecule is COc1ccc(/C=C2\C=C(C(=O)NCc3ccccc3)c3ccccc32)cc1. The van der Waals surface area contributed by atoms with Crippen LogP contribution in [0.4, 0.5) is 0 Å². The molecule has 1 aliphatic carbocycles. The zero-order chi connectivity index (χ0) is 19.3. The molecule has 0 fully saturated rings. The molecule has 3 nitrogen and oxygen atoms in total. The number of carbonyl (C=O) groups excluding carboxylic acids is 1. The Hall–Kier alpha value is -3.59. The lowest BCUT2D eigenvalue weighted by Gasteiger charge is -2.07. The van der Waals surface area contributed by atoms with Crippen LogP contribution in [-0.2, 0) is 11.3 Å². The number of benzene rings is 3. The molecule has 28 heavy (non-hydrogen) atoms. The van der Waals surface area contributed by atoms with E-state index in [-0.39, 0.29) is 5.91 Å². The summed E-state index contributed by atoms with van der Waals surface area (Å²) < 4.78 is 5.22. The molecule has 0 radical (unpaired) electrons. The maximum atomic E-state index is 12.8. The summed E-state index contributed by atoms with van der Waals surface area (Å²) in [6, 6.07) is 25.8. The molecular formula is C25H21NO2. The smallest absolute Gasteiger partial charge is 0.252 e. The largest absolute Gasteiger partial charge is 0.497 e. The van der Waals surface area contributed by atoms with Crippen LogP contribution < -0.4 is 10.1 Å².